The Labute approximate surface area is 583 Å². The third-order valence-corrected chi connectivity index (χ3v) is 17.7. The maximum Gasteiger partial charge on any atom is 0.472 e. The fourth-order valence-electron chi connectivity index (χ4n) is 10.1. The standard InChI is InChI=1S/C77H136O17P2/c1-5-9-13-17-21-25-29-33-35-39-42-46-50-54-58-62-75(80)88-68-73(94-77(82)64-60-56-52-48-44-40-36-34-30-26-22-18-14-10-6-2)70-92-96(85,86)90-66-71(78)65-89-95(83,84)91-69-72(93-76(81)63-59-55-51-47-43-38-32-28-24-20-16-12-8-4)67-87-74(79)61-57-53-49-45-41-37-31-27-23-19-15-11-7-3/h9,13,15,19,21-22,25-27,31,33-36,71-73,78H,5-8,10-12,14,16-18,20,23-24,28-30,32,37-70H2,1-4H3,(H,83,84)(H,85,86)/b13-9-,19-15-,25-21-,26-22-,31-27-,35-33-,36-34-. The van der Waals surface area contributed by atoms with Crippen LogP contribution in [0.2, 0.25) is 0 Å². The van der Waals surface area contributed by atoms with Crippen molar-refractivity contribution in [2.75, 3.05) is 39.6 Å². The van der Waals surface area contributed by atoms with E-state index in [1.165, 1.54) is 70.6 Å². The van der Waals surface area contributed by atoms with Crippen molar-refractivity contribution in [2.24, 2.45) is 0 Å². The summed E-state index contributed by atoms with van der Waals surface area (Å²) < 4.78 is 68.4. The van der Waals surface area contributed by atoms with Gasteiger partial charge in [0.1, 0.15) is 19.3 Å². The maximum atomic E-state index is 13.1. The molecule has 0 aliphatic rings. The van der Waals surface area contributed by atoms with Crippen molar-refractivity contribution in [1.82, 2.24) is 0 Å². The van der Waals surface area contributed by atoms with Gasteiger partial charge in [0.25, 0.3) is 0 Å². The first-order chi connectivity index (χ1) is 46.7. The highest BCUT2D eigenvalue weighted by molar-refractivity contribution is 7.47. The molecule has 3 N–H and O–H groups in total. The molecule has 0 heterocycles. The lowest BCUT2D eigenvalue weighted by Gasteiger charge is -2.21. The van der Waals surface area contributed by atoms with Gasteiger partial charge in [-0.3, -0.25) is 37.3 Å². The Morgan fingerprint density at radius 2 is 0.562 bits per heavy atom. The van der Waals surface area contributed by atoms with E-state index in [4.69, 9.17) is 37.0 Å². The summed E-state index contributed by atoms with van der Waals surface area (Å²) in [5, 5.41) is 10.6. The monoisotopic (exact) mass is 1390 g/mol. The lowest BCUT2D eigenvalue weighted by Crippen LogP contribution is -2.30. The van der Waals surface area contributed by atoms with Gasteiger partial charge in [0.2, 0.25) is 0 Å². The first-order valence-corrected chi connectivity index (χ1v) is 40.8. The number of aliphatic hydroxyl groups excluding tert-OH is 1. The van der Waals surface area contributed by atoms with Crippen molar-refractivity contribution in [3.05, 3.63) is 85.1 Å². The molecule has 0 aromatic rings. The number of phosphoric ester groups is 2. The number of unbranched alkanes of at least 4 members (excludes halogenated alkanes) is 31. The van der Waals surface area contributed by atoms with Crippen LogP contribution in [0.4, 0.5) is 0 Å². The van der Waals surface area contributed by atoms with Crippen molar-refractivity contribution >= 4 is 39.5 Å². The van der Waals surface area contributed by atoms with Crippen LogP contribution in [0.5, 0.6) is 0 Å². The fourth-order valence-corrected chi connectivity index (χ4v) is 11.6. The lowest BCUT2D eigenvalue weighted by molar-refractivity contribution is -0.161. The summed E-state index contributed by atoms with van der Waals surface area (Å²) >= 11 is 0. The van der Waals surface area contributed by atoms with Crippen LogP contribution in [0.3, 0.4) is 0 Å². The topological polar surface area (TPSA) is 237 Å². The van der Waals surface area contributed by atoms with E-state index in [2.05, 4.69) is 113 Å². The van der Waals surface area contributed by atoms with Crippen LogP contribution in [0, 0.1) is 0 Å². The van der Waals surface area contributed by atoms with E-state index in [1.807, 2.05) is 0 Å². The molecule has 0 aromatic carbocycles. The Balaban J connectivity index is 5.36. The number of ether oxygens (including phenoxy) is 4. The number of hydrogen-bond donors (Lipinski definition) is 3. The van der Waals surface area contributed by atoms with Gasteiger partial charge in [0, 0.05) is 25.7 Å². The summed E-state index contributed by atoms with van der Waals surface area (Å²) in [6.45, 7) is 4.65. The van der Waals surface area contributed by atoms with E-state index in [1.54, 1.807) is 0 Å². The SMILES string of the molecule is CC/C=C\C/C=C\C/C=C\CCCCCCCC(=O)OCC(COP(=O)(O)OCC(O)COP(=O)(O)OCC(COC(=O)CCCCCCC/C=C\C/C=C\CCC)OC(=O)CCCCCCCCCCCCCCC)OC(=O)CCCCCCC/C=C\C/C=C\CCCCC. The second-order valence-electron chi connectivity index (χ2n) is 25.2. The number of allylic oxidation sites excluding steroid dienone is 14. The molecular weight excluding hydrogens is 1260 g/mol. The largest absolute Gasteiger partial charge is 0.472 e. The van der Waals surface area contributed by atoms with Gasteiger partial charge in [-0.1, -0.05) is 267 Å². The predicted molar refractivity (Wildman–Crippen MR) is 390 cm³/mol. The quantitative estimate of drug-likeness (QED) is 0.0169. The van der Waals surface area contributed by atoms with E-state index in [9.17, 15) is 43.2 Å². The van der Waals surface area contributed by atoms with Crippen molar-refractivity contribution in [1.29, 1.82) is 0 Å². The summed E-state index contributed by atoms with van der Waals surface area (Å²) in [5.74, 6) is -2.21. The molecule has 0 amide bonds. The molecule has 19 heteroatoms. The highest BCUT2D eigenvalue weighted by Gasteiger charge is 2.30. The second-order valence-corrected chi connectivity index (χ2v) is 28.1. The van der Waals surface area contributed by atoms with Crippen molar-refractivity contribution in [3.63, 3.8) is 0 Å². The van der Waals surface area contributed by atoms with E-state index in [-0.39, 0.29) is 25.7 Å². The Morgan fingerprint density at radius 3 is 0.896 bits per heavy atom. The third kappa shape index (κ3) is 68.8. The number of carbonyl (C=O) groups is 4. The molecule has 5 atom stereocenters. The number of carbonyl (C=O) groups excluding carboxylic acids is 4. The average molecular weight is 1400 g/mol. The Bertz CT molecular complexity index is 2160. The molecule has 0 saturated heterocycles. The van der Waals surface area contributed by atoms with Gasteiger partial charge in [-0.05, 0) is 116 Å². The molecule has 0 bridgehead atoms. The number of aliphatic hydroxyl groups is 1. The molecule has 5 unspecified atom stereocenters. The molecular formula is C77H136O17P2. The molecule has 96 heavy (non-hydrogen) atoms. The molecule has 0 fully saturated rings. The van der Waals surface area contributed by atoms with Crippen LogP contribution in [-0.2, 0) is 65.4 Å². The van der Waals surface area contributed by atoms with Gasteiger partial charge in [-0.2, -0.15) is 0 Å². The first kappa shape index (κ1) is 92.2. The molecule has 556 valence electrons. The molecule has 0 aliphatic carbocycles. The Kier molecular flexibility index (Phi) is 67.0. The van der Waals surface area contributed by atoms with Crippen molar-refractivity contribution in [2.45, 2.75) is 341 Å². The van der Waals surface area contributed by atoms with Gasteiger partial charge in [0.05, 0.1) is 26.4 Å². The molecule has 0 radical (unpaired) electrons. The zero-order chi connectivity index (χ0) is 70.4. The minimum absolute atomic E-state index is 0.0760. The molecule has 0 saturated carbocycles. The number of hydrogen-bond acceptors (Lipinski definition) is 15. The summed E-state index contributed by atoms with van der Waals surface area (Å²) in [4.78, 5) is 72.8. The highest BCUT2D eigenvalue weighted by atomic mass is 31.2. The zero-order valence-corrected chi connectivity index (χ0v) is 62.3. The van der Waals surface area contributed by atoms with Crippen LogP contribution < -0.4 is 0 Å². The van der Waals surface area contributed by atoms with Crippen LogP contribution in [0.25, 0.3) is 0 Å². The Hall–Kier alpha value is -3.76. The first-order valence-electron chi connectivity index (χ1n) is 37.8. The van der Waals surface area contributed by atoms with Gasteiger partial charge in [-0.15, -0.1) is 0 Å². The van der Waals surface area contributed by atoms with Crippen molar-refractivity contribution < 1.29 is 80.2 Å². The number of esters is 4. The highest BCUT2D eigenvalue weighted by Crippen LogP contribution is 2.45. The minimum atomic E-state index is -4.98. The molecule has 0 aliphatic heterocycles. The van der Waals surface area contributed by atoms with E-state index < -0.39 is 97.5 Å². The third-order valence-electron chi connectivity index (χ3n) is 15.8. The average Bonchev–Trinajstić information content (AvgIpc) is 1.36. The van der Waals surface area contributed by atoms with E-state index in [0.717, 1.165) is 173 Å². The Morgan fingerprint density at radius 1 is 0.302 bits per heavy atom. The van der Waals surface area contributed by atoms with Crippen LogP contribution in [-0.4, -0.2) is 96.7 Å². The van der Waals surface area contributed by atoms with Gasteiger partial charge in [-0.25, -0.2) is 9.13 Å². The van der Waals surface area contributed by atoms with Crippen LogP contribution >= 0.6 is 15.6 Å². The number of rotatable bonds is 71. The second kappa shape index (κ2) is 69.7. The van der Waals surface area contributed by atoms with E-state index in [0.29, 0.717) is 25.7 Å². The number of phosphoric acid groups is 2. The summed E-state index contributed by atoms with van der Waals surface area (Å²) in [6, 6.07) is 0. The molecule has 0 rings (SSSR count). The fraction of sp³-hybridized carbons (Fsp3) is 0.766. The maximum absolute atomic E-state index is 13.1. The predicted octanol–water partition coefficient (Wildman–Crippen LogP) is 21.4. The summed E-state index contributed by atoms with van der Waals surface area (Å²) in [7, 11) is -9.95. The minimum Gasteiger partial charge on any atom is -0.462 e. The molecule has 0 spiro atoms. The zero-order valence-electron chi connectivity index (χ0n) is 60.5. The van der Waals surface area contributed by atoms with E-state index >= 15 is 0 Å². The normalized spacial score (nSPS) is 14.4. The molecule has 0 aromatic heterocycles. The van der Waals surface area contributed by atoms with Crippen molar-refractivity contribution in [3.8, 4) is 0 Å². The van der Waals surface area contributed by atoms with Crippen LogP contribution in [0.15, 0.2) is 85.1 Å². The summed E-state index contributed by atoms with van der Waals surface area (Å²) in [6.07, 6.45) is 70.0. The summed E-state index contributed by atoms with van der Waals surface area (Å²) in [5.41, 5.74) is 0. The lowest BCUT2D eigenvalue weighted by atomic mass is 10.0. The van der Waals surface area contributed by atoms with Gasteiger partial charge >= 0.3 is 39.5 Å². The molecule has 17 nitrogen and oxygen atoms in total. The smallest absolute Gasteiger partial charge is 0.462 e. The van der Waals surface area contributed by atoms with Gasteiger partial charge in [0.15, 0.2) is 12.2 Å². The van der Waals surface area contributed by atoms with Crippen LogP contribution in [0.1, 0.15) is 323 Å². The van der Waals surface area contributed by atoms with Gasteiger partial charge < -0.3 is 33.8 Å².